The third kappa shape index (κ3) is 6.07. The molecule has 0 radical (unpaired) electrons. The highest BCUT2D eigenvalue weighted by Crippen LogP contribution is 2.35. The number of anilines is 4. The lowest BCUT2D eigenvalue weighted by molar-refractivity contribution is 0.0196. The van der Waals surface area contributed by atoms with Crippen LogP contribution in [0.3, 0.4) is 0 Å². The van der Waals surface area contributed by atoms with Crippen LogP contribution >= 0.6 is 0 Å². The van der Waals surface area contributed by atoms with Crippen LogP contribution in [0.4, 0.5) is 23.0 Å². The third-order valence-corrected chi connectivity index (χ3v) is 9.84. The molecule has 220 valence electrons. The molecular formula is C29H35N9O3S. The molecule has 13 heteroatoms. The van der Waals surface area contributed by atoms with E-state index in [4.69, 9.17) is 0 Å². The monoisotopic (exact) mass is 589 g/mol. The zero-order valence-electron chi connectivity index (χ0n) is 23.9. The van der Waals surface area contributed by atoms with Gasteiger partial charge in [0.05, 0.1) is 46.4 Å². The Balaban J connectivity index is 1.26. The molecule has 6 rings (SSSR count). The molecule has 2 aliphatic rings. The van der Waals surface area contributed by atoms with E-state index in [9.17, 15) is 13.5 Å². The molecule has 0 aliphatic heterocycles. The summed E-state index contributed by atoms with van der Waals surface area (Å²) in [4.78, 5) is 20.3. The van der Waals surface area contributed by atoms with E-state index in [2.05, 4.69) is 35.7 Å². The highest BCUT2D eigenvalue weighted by atomic mass is 32.2. The molecule has 2 aliphatic carbocycles. The highest BCUT2D eigenvalue weighted by Gasteiger charge is 2.37. The maximum absolute atomic E-state index is 12.5. The molecule has 0 spiro atoms. The van der Waals surface area contributed by atoms with Crippen molar-refractivity contribution in [3.8, 4) is 22.6 Å². The molecule has 12 nitrogen and oxygen atoms in total. The predicted molar refractivity (Wildman–Crippen MR) is 162 cm³/mol. The van der Waals surface area contributed by atoms with Gasteiger partial charge in [0.25, 0.3) is 10.0 Å². The Morgan fingerprint density at radius 1 is 1.00 bits per heavy atom. The van der Waals surface area contributed by atoms with Crippen LogP contribution in [0.1, 0.15) is 45.4 Å². The number of hydrogen-bond acceptors (Lipinski definition) is 11. The van der Waals surface area contributed by atoms with Gasteiger partial charge in [0.1, 0.15) is 11.6 Å². The molecule has 2 saturated carbocycles. The smallest absolute Gasteiger partial charge is 0.256 e. The van der Waals surface area contributed by atoms with Crippen molar-refractivity contribution in [1.29, 1.82) is 0 Å². The van der Waals surface area contributed by atoms with Gasteiger partial charge in [0, 0.05) is 49.8 Å². The van der Waals surface area contributed by atoms with E-state index >= 15 is 0 Å². The van der Waals surface area contributed by atoms with E-state index in [0.717, 1.165) is 52.4 Å². The zero-order chi connectivity index (χ0) is 29.5. The fourth-order valence-electron chi connectivity index (χ4n) is 5.04. The largest absolute Gasteiger partial charge is 0.390 e. The summed E-state index contributed by atoms with van der Waals surface area (Å²) >= 11 is 0. The van der Waals surface area contributed by atoms with Gasteiger partial charge in [0.2, 0.25) is 0 Å². The van der Waals surface area contributed by atoms with Gasteiger partial charge in [-0.1, -0.05) is 0 Å². The summed E-state index contributed by atoms with van der Waals surface area (Å²) in [6.07, 6.45) is 12.6. The van der Waals surface area contributed by atoms with E-state index < -0.39 is 15.6 Å². The Bertz CT molecular complexity index is 1670. The maximum Gasteiger partial charge on any atom is 0.256 e. The zero-order valence-corrected chi connectivity index (χ0v) is 24.7. The van der Waals surface area contributed by atoms with Crippen LogP contribution < -0.4 is 15.5 Å². The second-order valence-corrected chi connectivity index (χ2v) is 13.6. The molecule has 0 aromatic carbocycles. The van der Waals surface area contributed by atoms with Crippen molar-refractivity contribution >= 4 is 33.0 Å². The normalized spacial score (nSPS) is 20.7. The van der Waals surface area contributed by atoms with Crippen LogP contribution in [-0.4, -0.2) is 73.6 Å². The third-order valence-electron chi connectivity index (χ3n) is 7.80. The molecule has 4 heterocycles. The van der Waals surface area contributed by atoms with E-state index in [1.165, 1.54) is 12.4 Å². The summed E-state index contributed by atoms with van der Waals surface area (Å²) in [6, 6.07) is 7.87. The number of pyridine rings is 2. The average molecular weight is 590 g/mol. The fourth-order valence-corrected chi connectivity index (χ4v) is 6.51. The molecule has 4 aromatic rings. The summed E-state index contributed by atoms with van der Waals surface area (Å²) in [6.45, 7) is 1.90. The number of aliphatic hydroxyl groups is 1. The van der Waals surface area contributed by atoms with E-state index in [1.807, 2.05) is 50.3 Å². The van der Waals surface area contributed by atoms with Crippen molar-refractivity contribution in [3.63, 3.8) is 0 Å². The van der Waals surface area contributed by atoms with E-state index in [1.54, 1.807) is 18.5 Å². The van der Waals surface area contributed by atoms with Crippen LogP contribution in [0.2, 0.25) is 0 Å². The first-order valence-corrected chi connectivity index (χ1v) is 15.6. The first-order chi connectivity index (χ1) is 20.1. The lowest BCUT2D eigenvalue weighted by Gasteiger charge is -2.34. The number of hydrogen-bond donors (Lipinski definition) is 3. The van der Waals surface area contributed by atoms with E-state index in [0.29, 0.717) is 35.9 Å². The van der Waals surface area contributed by atoms with Crippen molar-refractivity contribution < 1.29 is 13.5 Å². The Morgan fingerprint density at radius 3 is 2.48 bits per heavy atom. The van der Waals surface area contributed by atoms with Crippen LogP contribution in [0.15, 0.2) is 55.2 Å². The minimum atomic E-state index is -3.47. The number of aromatic nitrogens is 6. The molecule has 0 bridgehead atoms. The minimum absolute atomic E-state index is 0.203. The van der Waals surface area contributed by atoms with Crippen LogP contribution in [-0.2, 0) is 10.0 Å². The Kier molecular flexibility index (Phi) is 7.31. The van der Waals surface area contributed by atoms with Crippen LogP contribution in [0, 0.1) is 0 Å². The van der Waals surface area contributed by atoms with Gasteiger partial charge in [-0.05, 0) is 63.6 Å². The molecular weight excluding hydrogens is 554 g/mol. The fraction of sp³-hybridized carbons (Fsp3) is 0.414. The standard InChI is InChI=1S/C29H35N9O3S/c1-29(39)11-8-20(9-12-29)34-25-14-27(32-17-23(25)24-7-4-21(16-31-24)37(2)3)35-26-10-13-30-28(36-26)19-15-33-38(18-19)42(40,41)22-5-6-22/h4,7,10,13-18,20,22,39H,5-6,8-9,11-12H2,1-3H3,(H2,30,32,34,35,36). The van der Waals surface area contributed by atoms with E-state index in [-0.39, 0.29) is 11.3 Å². The molecule has 3 N–H and O–H groups in total. The predicted octanol–water partition coefficient (Wildman–Crippen LogP) is 4.05. The quantitative estimate of drug-likeness (QED) is 0.259. The Labute approximate surface area is 245 Å². The second kappa shape index (κ2) is 11.0. The molecule has 0 saturated heterocycles. The molecule has 4 aromatic heterocycles. The van der Waals surface area contributed by atoms with Gasteiger partial charge in [0.15, 0.2) is 5.82 Å². The summed E-state index contributed by atoms with van der Waals surface area (Å²) < 4.78 is 26.1. The number of nitrogens with zero attached hydrogens (tertiary/aromatic N) is 7. The molecule has 0 atom stereocenters. The number of nitrogens with one attached hydrogen (secondary N) is 2. The van der Waals surface area contributed by atoms with Gasteiger partial charge in [-0.25, -0.2) is 23.4 Å². The van der Waals surface area contributed by atoms with Gasteiger partial charge in [-0.15, -0.1) is 0 Å². The molecule has 42 heavy (non-hydrogen) atoms. The lowest BCUT2D eigenvalue weighted by atomic mass is 9.83. The highest BCUT2D eigenvalue weighted by molar-refractivity contribution is 7.90. The lowest BCUT2D eigenvalue weighted by Crippen LogP contribution is -2.35. The first kappa shape index (κ1) is 28.0. The summed E-state index contributed by atoms with van der Waals surface area (Å²) in [5.41, 5.74) is 3.44. The van der Waals surface area contributed by atoms with Gasteiger partial charge in [-0.2, -0.15) is 9.19 Å². The molecule has 2 fully saturated rings. The summed E-state index contributed by atoms with van der Waals surface area (Å²) in [5, 5.41) is 21.1. The average Bonchev–Trinajstić information content (AvgIpc) is 3.71. The van der Waals surface area contributed by atoms with Crippen molar-refractivity contribution in [1.82, 2.24) is 29.1 Å². The van der Waals surface area contributed by atoms with Crippen molar-refractivity contribution in [2.45, 2.75) is 62.3 Å². The summed E-state index contributed by atoms with van der Waals surface area (Å²) in [5.74, 6) is 1.43. The van der Waals surface area contributed by atoms with Crippen LogP contribution in [0.25, 0.3) is 22.6 Å². The Morgan fingerprint density at radius 2 is 1.79 bits per heavy atom. The maximum atomic E-state index is 12.5. The minimum Gasteiger partial charge on any atom is -0.390 e. The summed E-state index contributed by atoms with van der Waals surface area (Å²) in [7, 11) is 0.480. The molecule has 0 amide bonds. The SMILES string of the molecule is CN(C)c1ccc(-c2cnc(Nc3ccnc(-c4cnn(S(=O)(=O)C5CC5)c4)n3)cc2NC2CCC(C)(O)CC2)nc1. The Hall–Kier alpha value is -4.10. The van der Waals surface area contributed by atoms with Crippen molar-refractivity contribution in [3.05, 3.63) is 55.2 Å². The van der Waals surface area contributed by atoms with Gasteiger partial charge < -0.3 is 20.6 Å². The second-order valence-electron chi connectivity index (χ2n) is 11.6. The topological polar surface area (TPSA) is 151 Å². The van der Waals surface area contributed by atoms with Crippen LogP contribution in [0.5, 0.6) is 0 Å². The van der Waals surface area contributed by atoms with Gasteiger partial charge in [-0.3, -0.25) is 4.98 Å². The molecule has 0 unspecified atom stereocenters. The van der Waals surface area contributed by atoms with Crippen molar-refractivity contribution in [2.75, 3.05) is 29.6 Å². The van der Waals surface area contributed by atoms with Crippen molar-refractivity contribution in [2.24, 2.45) is 0 Å². The van der Waals surface area contributed by atoms with Gasteiger partial charge >= 0.3 is 0 Å². The first-order valence-electron chi connectivity index (χ1n) is 14.1. The number of rotatable bonds is 9.